The van der Waals surface area contributed by atoms with E-state index in [-0.39, 0.29) is 5.57 Å². The van der Waals surface area contributed by atoms with E-state index in [9.17, 15) is 14.9 Å². The highest BCUT2D eigenvalue weighted by molar-refractivity contribution is 9.10. The number of amides is 1. The number of benzene rings is 2. The van der Waals surface area contributed by atoms with Gasteiger partial charge in [-0.05, 0) is 43.7 Å². The maximum absolute atomic E-state index is 12.2. The summed E-state index contributed by atoms with van der Waals surface area (Å²) in [7, 11) is 0. The molecule has 0 bridgehead atoms. The molecule has 0 fully saturated rings. The molecule has 2 aromatic rings. The number of anilines is 1. The molecule has 0 spiro atoms. The Labute approximate surface area is 160 Å². The number of carbonyl (C=O) groups is 2. The van der Waals surface area contributed by atoms with E-state index in [0.717, 1.165) is 10.0 Å². The van der Waals surface area contributed by atoms with E-state index in [1.165, 1.54) is 13.0 Å². The van der Waals surface area contributed by atoms with Crippen molar-refractivity contribution in [3.8, 4) is 6.07 Å². The van der Waals surface area contributed by atoms with Crippen molar-refractivity contribution in [3.63, 3.8) is 0 Å². The molecule has 0 saturated carbocycles. The molecule has 0 aliphatic rings. The molecule has 0 radical (unpaired) electrons. The summed E-state index contributed by atoms with van der Waals surface area (Å²) in [5.41, 5.74) is 2.18. The smallest absolute Gasteiger partial charge is 0.349 e. The Morgan fingerprint density at radius 3 is 2.54 bits per heavy atom. The molecule has 2 rings (SSSR count). The van der Waals surface area contributed by atoms with Crippen LogP contribution in [0.3, 0.4) is 0 Å². The molecule has 5 nitrogen and oxygen atoms in total. The van der Waals surface area contributed by atoms with Gasteiger partial charge in [-0.2, -0.15) is 5.26 Å². The molecule has 0 aliphatic heterocycles. The minimum Gasteiger partial charge on any atom is -0.448 e. The molecular weight excluding hydrogens is 396 g/mol. The maximum atomic E-state index is 12.2. The summed E-state index contributed by atoms with van der Waals surface area (Å²) in [5, 5.41) is 11.9. The minimum atomic E-state index is -1.05. The second-order valence-corrected chi connectivity index (χ2v) is 6.54. The van der Waals surface area contributed by atoms with E-state index in [1.54, 1.807) is 30.3 Å². The Morgan fingerprint density at radius 2 is 1.92 bits per heavy atom. The van der Waals surface area contributed by atoms with Gasteiger partial charge in [0.25, 0.3) is 5.91 Å². The maximum Gasteiger partial charge on any atom is 0.349 e. The summed E-state index contributed by atoms with van der Waals surface area (Å²) >= 11 is 3.31. The van der Waals surface area contributed by atoms with Crippen LogP contribution in [0.4, 0.5) is 5.69 Å². The molecular formula is C20H17BrN2O3. The predicted molar refractivity (Wildman–Crippen MR) is 103 cm³/mol. The van der Waals surface area contributed by atoms with Crippen LogP contribution in [0.5, 0.6) is 0 Å². The summed E-state index contributed by atoms with van der Waals surface area (Å²) in [5.74, 6) is -1.32. The monoisotopic (exact) mass is 412 g/mol. The van der Waals surface area contributed by atoms with Gasteiger partial charge in [-0.25, -0.2) is 4.79 Å². The van der Waals surface area contributed by atoms with Crippen molar-refractivity contribution < 1.29 is 14.3 Å². The second kappa shape index (κ2) is 8.97. The van der Waals surface area contributed by atoms with Gasteiger partial charge >= 0.3 is 5.97 Å². The van der Waals surface area contributed by atoms with Crippen molar-refractivity contribution >= 4 is 39.6 Å². The Hall–Kier alpha value is -2.91. The first-order valence-electron chi connectivity index (χ1n) is 7.85. The van der Waals surface area contributed by atoms with Gasteiger partial charge in [-0.15, -0.1) is 0 Å². The number of ether oxygens (including phenoxy) is 1. The number of hydrogen-bond donors (Lipinski definition) is 1. The zero-order valence-electron chi connectivity index (χ0n) is 14.3. The molecule has 0 aliphatic carbocycles. The van der Waals surface area contributed by atoms with Crippen LogP contribution < -0.4 is 5.32 Å². The molecule has 2 aromatic carbocycles. The number of nitrogens with one attached hydrogen (secondary N) is 1. The minimum absolute atomic E-state index is 0.170. The van der Waals surface area contributed by atoms with Crippen LogP contribution in [0.25, 0.3) is 6.08 Å². The van der Waals surface area contributed by atoms with Crippen molar-refractivity contribution in [3.05, 3.63) is 69.7 Å². The fraction of sp³-hybridized carbons (Fsp3) is 0.150. The molecule has 26 heavy (non-hydrogen) atoms. The van der Waals surface area contributed by atoms with E-state index in [4.69, 9.17) is 4.74 Å². The quantitative estimate of drug-likeness (QED) is 0.452. The molecule has 0 aromatic heterocycles. The molecule has 1 atom stereocenters. The van der Waals surface area contributed by atoms with Crippen molar-refractivity contribution in [2.45, 2.75) is 20.0 Å². The zero-order chi connectivity index (χ0) is 19.1. The van der Waals surface area contributed by atoms with Crippen LogP contribution in [-0.4, -0.2) is 18.0 Å². The Balaban J connectivity index is 2.03. The fourth-order valence-electron chi connectivity index (χ4n) is 2.05. The van der Waals surface area contributed by atoms with Crippen LogP contribution in [0.15, 0.2) is 58.6 Å². The molecule has 6 heteroatoms. The van der Waals surface area contributed by atoms with E-state index >= 15 is 0 Å². The van der Waals surface area contributed by atoms with E-state index in [2.05, 4.69) is 21.2 Å². The summed E-state index contributed by atoms with van der Waals surface area (Å²) in [6.45, 7) is 3.39. The van der Waals surface area contributed by atoms with Crippen molar-refractivity contribution in [2.24, 2.45) is 0 Å². The summed E-state index contributed by atoms with van der Waals surface area (Å²) in [4.78, 5) is 24.3. The highest BCUT2D eigenvalue weighted by Gasteiger charge is 2.20. The van der Waals surface area contributed by atoms with E-state index in [0.29, 0.717) is 11.3 Å². The number of aryl methyl sites for hydroxylation is 1. The Bertz CT molecular complexity index is 883. The molecule has 1 N–H and O–H groups in total. The third-order valence-electron chi connectivity index (χ3n) is 3.47. The first-order valence-corrected chi connectivity index (χ1v) is 8.64. The van der Waals surface area contributed by atoms with Crippen molar-refractivity contribution in [2.75, 3.05) is 5.32 Å². The Morgan fingerprint density at radius 1 is 1.23 bits per heavy atom. The molecule has 0 heterocycles. The van der Waals surface area contributed by atoms with Crippen molar-refractivity contribution in [1.82, 2.24) is 0 Å². The van der Waals surface area contributed by atoms with Gasteiger partial charge in [0.15, 0.2) is 6.10 Å². The number of nitrogens with zero attached hydrogens (tertiary/aromatic N) is 1. The average molecular weight is 413 g/mol. The van der Waals surface area contributed by atoms with Gasteiger partial charge in [0, 0.05) is 10.2 Å². The van der Waals surface area contributed by atoms with Gasteiger partial charge in [0.05, 0.1) is 0 Å². The van der Waals surface area contributed by atoms with Gasteiger partial charge in [-0.1, -0.05) is 51.8 Å². The Kier molecular flexibility index (Phi) is 6.70. The highest BCUT2D eigenvalue weighted by Crippen LogP contribution is 2.16. The number of halogens is 1. The number of hydrogen-bond acceptors (Lipinski definition) is 4. The van der Waals surface area contributed by atoms with Gasteiger partial charge in [-0.3, -0.25) is 4.79 Å². The summed E-state index contributed by atoms with van der Waals surface area (Å²) in [6.07, 6.45) is 0.386. The van der Waals surface area contributed by atoms with Crippen LogP contribution in [0.1, 0.15) is 18.1 Å². The lowest BCUT2D eigenvalue weighted by Crippen LogP contribution is -2.30. The number of nitriles is 1. The zero-order valence-corrected chi connectivity index (χ0v) is 15.9. The summed E-state index contributed by atoms with van der Waals surface area (Å²) < 4.78 is 5.92. The van der Waals surface area contributed by atoms with Crippen LogP contribution in [0, 0.1) is 18.3 Å². The topological polar surface area (TPSA) is 79.2 Å². The van der Waals surface area contributed by atoms with Crippen LogP contribution >= 0.6 is 15.9 Å². The van der Waals surface area contributed by atoms with Crippen LogP contribution in [-0.2, 0) is 14.3 Å². The SMILES string of the molecule is Cc1ccc(/C=C(\C#N)C(=O)O[C@H](C)C(=O)Nc2cccc(Br)c2)cc1. The average Bonchev–Trinajstić information content (AvgIpc) is 2.61. The molecule has 0 saturated heterocycles. The van der Waals surface area contributed by atoms with Gasteiger partial charge in [0.2, 0.25) is 0 Å². The first kappa shape index (κ1) is 19.4. The van der Waals surface area contributed by atoms with Crippen molar-refractivity contribution in [1.29, 1.82) is 5.26 Å². The normalized spacial score (nSPS) is 12.0. The standard InChI is InChI=1S/C20H17BrN2O3/c1-13-6-8-15(9-7-13)10-16(12-22)20(25)26-14(2)19(24)23-18-5-3-4-17(21)11-18/h3-11,14H,1-2H3,(H,23,24)/b16-10+/t14-/m1/s1. The van der Waals surface area contributed by atoms with Gasteiger partial charge < -0.3 is 10.1 Å². The molecule has 132 valence electrons. The van der Waals surface area contributed by atoms with E-state index < -0.39 is 18.0 Å². The number of carbonyl (C=O) groups excluding carboxylic acids is 2. The number of rotatable bonds is 5. The molecule has 0 unspecified atom stereocenters. The first-order chi connectivity index (χ1) is 12.4. The highest BCUT2D eigenvalue weighted by atomic mass is 79.9. The predicted octanol–water partition coefficient (Wildman–Crippen LogP) is 4.23. The lowest BCUT2D eigenvalue weighted by molar-refractivity contribution is -0.148. The molecule has 1 amide bonds. The van der Waals surface area contributed by atoms with Gasteiger partial charge in [0.1, 0.15) is 11.6 Å². The third kappa shape index (κ3) is 5.57. The lowest BCUT2D eigenvalue weighted by atomic mass is 10.1. The largest absolute Gasteiger partial charge is 0.448 e. The number of esters is 1. The van der Waals surface area contributed by atoms with E-state index in [1.807, 2.05) is 31.2 Å². The summed E-state index contributed by atoms with van der Waals surface area (Å²) in [6, 6.07) is 16.2. The fourth-order valence-corrected chi connectivity index (χ4v) is 2.45. The second-order valence-electron chi connectivity index (χ2n) is 5.63. The van der Waals surface area contributed by atoms with Crippen LogP contribution in [0.2, 0.25) is 0 Å². The lowest BCUT2D eigenvalue weighted by Gasteiger charge is -2.13. The third-order valence-corrected chi connectivity index (χ3v) is 3.97.